The Labute approximate surface area is 117 Å². The second-order valence-electron chi connectivity index (χ2n) is 5.30. The number of carbonyl (C=O) groups excluding carboxylic acids is 1. The average Bonchev–Trinajstić information content (AvgIpc) is 2.83. The highest BCUT2D eigenvalue weighted by Gasteiger charge is 2.44. The molecule has 1 amide bonds. The van der Waals surface area contributed by atoms with E-state index in [1.165, 1.54) is 0 Å². The van der Waals surface area contributed by atoms with Gasteiger partial charge in [-0.15, -0.1) is 0 Å². The standard InChI is InChI=1S/C14H19N3O3/c1-3-14(13(19)20)5-7-17(8-14)12-10(11(15)18)9(2)4-6-16-12/h4,6H,3,5,7-8H2,1-2H3,(H2,15,18)(H,19,20). The van der Waals surface area contributed by atoms with Gasteiger partial charge in [-0.25, -0.2) is 4.98 Å². The van der Waals surface area contributed by atoms with E-state index >= 15 is 0 Å². The second kappa shape index (κ2) is 5.11. The Balaban J connectivity index is 2.38. The van der Waals surface area contributed by atoms with Crippen molar-refractivity contribution in [1.82, 2.24) is 4.98 Å². The number of aromatic nitrogens is 1. The first-order valence-electron chi connectivity index (χ1n) is 6.65. The van der Waals surface area contributed by atoms with Crippen molar-refractivity contribution >= 4 is 17.7 Å². The van der Waals surface area contributed by atoms with Crippen LogP contribution in [0.4, 0.5) is 5.82 Å². The largest absolute Gasteiger partial charge is 0.481 e. The van der Waals surface area contributed by atoms with Crippen LogP contribution in [0.25, 0.3) is 0 Å². The van der Waals surface area contributed by atoms with Gasteiger partial charge in [0.15, 0.2) is 0 Å². The third kappa shape index (κ3) is 2.21. The Kier molecular flexibility index (Phi) is 3.65. The molecule has 1 fully saturated rings. The van der Waals surface area contributed by atoms with E-state index in [9.17, 15) is 14.7 Å². The molecular formula is C14H19N3O3. The molecule has 2 heterocycles. The highest BCUT2D eigenvalue weighted by atomic mass is 16.4. The fraction of sp³-hybridized carbons (Fsp3) is 0.500. The third-order valence-corrected chi connectivity index (χ3v) is 4.17. The lowest BCUT2D eigenvalue weighted by Crippen LogP contribution is -2.35. The van der Waals surface area contributed by atoms with Crippen molar-refractivity contribution in [2.24, 2.45) is 11.1 Å². The zero-order valence-corrected chi connectivity index (χ0v) is 11.7. The maximum atomic E-state index is 11.6. The van der Waals surface area contributed by atoms with Gasteiger partial charge in [0.2, 0.25) is 0 Å². The van der Waals surface area contributed by atoms with Gasteiger partial charge in [-0.3, -0.25) is 9.59 Å². The van der Waals surface area contributed by atoms with Gasteiger partial charge in [-0.05, 0) is 31.4 Å². The van der Waals surface area contributed by atoms with E-state index in [1.54, 1.807) is 19.2 Å². The maximum absolute atomic E-state index is 11.6. The Bertz CT molecular complexity index is 559. The van der Waals surface area contributed by atoms with E-state index in [0.717, 1.165) is 5.56 Å². The minimum Gasteiger partial charge on any atom is -0.481 e. The quantitative estimate of drug-likeness (QED) is 0.861. The molecule has 0 spiro atoms. The molecule has 1 aromatic heterocycles. The molecule has 1 aromatic rings. The van der Waals surface area contributed by atoms with Gasteiger partial charge in [0.25, 0.3) is 5.91 Å². The summed E-state index contributed by atoms with van der Waals surface area (Å²) in [5.74, 6) is -0.834. The van der Waals surface area contributed by atoms with Crippen molar-refractivity contribution < 1.29 is 14.7 Å². The molecule has 3 N–H and O–H groups in total. The number of rotatable bonds is 4. The summed E-state index contributed by atoms with van der Waals surface area (Å²) < 4.78 is 0. The number of amides is 1. The van der Waals surface area contributed by atoms with Crippen LogP contribution in [0.3, 0.4) is 0 Å². The Hall–Kier alpha value is -2.11. The van der Waals surface area contributed by atoms with E-state index in [-0.39, 0.29) is 0 Å². The number of carboxylic acid groups (broad SMARTS) is 1. The summed E-state index contributed by atoms with van der Waals surface area (Å²) in [5.41, 5.74) is 5.79. The van der Waals surface area contributed by atoms with Gasteiger partial charge in [-0.2, -0.15) is 0 Å². The first kappa shape index (κ1) is 14.3. The number of aryl methyl sites for hydroxylation is 1. The van der Waals surface area contributed by atoms with E-state index < -0.39 is 17.3 Å². The zero-order chi connectivity index (χ0) is 14.9. The summed E-state index contributed by atoms with van der Waals surface area (Å²) in [7, 11) is 0. The van der Waals surface area contributed by atoms with Gasteiger partial charge in [0, 0.05) is 19.3 Å². The number of hydrogen-bond donors (Lipinski definition) is 2. The zero-order valence-electron chi connectivity index (χ0n) is 11.7. The van der Waals surface area contributed by atoms with Crippen LogP contribution in [0.5, 0.6) is 0 Å². The first-order valence-corrected chi connectivity index (χ1v) is 6.65. The summed E-state index contributed by atoms with van der Waals surface area (Å²) >= 11 is 0. The molecule has 1 saturated heterocycles. The topological polar surface area (TPSA) is 96.5 Å². The number of hydrogen-bond acceptors (Lipinski definition) is 4. The van der Waals surface area contributed by atoms with Crippen molar-refractivity contribution in [1.29, 1.82) is 0 Å². The molecule has 1 unspecified atom stereocenters. The lowest BCUT2D eigenvalue weighted by Gasteiger charge is -2.24. The van der Waals surface area contributed by atoms with Gasteiger partial charge in [-0.1, -0.05) is 6.92 Å². The van der Waals surface area contributed by atoms with Gasteiger partial charge >= 0.3 is 5.97 Å². The minimum atomic E-state index is -0.796. The predicted molar refractivity (Wildman–Crippen MR) is 74.7 cm³/mol. The molecule has 0 aromatic carbocycles. The molecule has 1 aliphatic rings. The van der Waals surface area contributed by atoms with Crippen LogP contribution in [-0.4, -0.2) is 35.1 Å². The van der Waals surface area contributed by atoms with Crippen molar-refractivity contribution in [3.63, 3.8) is 0 Å². The third-order valence-electron chi connectivity index (χ3n) is 4.17. The molecule has 0 saturated carbocycles. The molecule has 1 atom stereocenters. The smallest absolute Gasteiger partial charge is 0.311 e. The summed E-state index contributed by atoms with van der Waals surface area (Å²) in [6.07, 6.45) is 2.72. The van der Waals surface area contributed by atoms with Crippen LogP contribution >= 0.6 is 0 Å². The average molecular weight is 277 g/mol. The molecule has 0 aliphatic carbocycles. The summed E-state index contributed by atoms with van der Waals surface area (Å²) in [6.45, 7) is 4.59. The lowest BCUT2D eigenvalue weighted by molar-refractivity contribution is -0.147. The first-order chi connectivity index (χ1) is 9.41. The van der Waals surface area contributed by atoms with Crippen molar-refractivity contribution in [2.45, 2.75) is 26.7 Å². The highest BCUT2D eigenvalue weighted by Crippen LogP contribution is 2.37. The number of nitrogens with two attached hydrogens (primary N) is 1. The summed E-state index contributed by atoms with van der Waals surface area (Å²) in [6, 6.07) is 1.73. The van der Waals surface area contributed by atoms with E-state index in [2.05, 4.69) is 4.98 Å². The van der Waals surface area contributed by atoms with Gasteiger partial charge in [0.1, 0.15) is 5.82 Å². The van der Waals surface area contributed by atoms with Crippen molar-refractivity contribution in [3.8, 4) is 0 Å². The fourth-order valence-corrected chi connectivity index (χ4v) is 2.76. The second-order valence-corrected chi connectivity index (χ2v) is 5.30. The summed E-state index contributed by atoms with van der Waals surface area (Å²) in [4.78, 5) is 29.2. The number of anilines is 1. The Morgan fingerprint density at radius 3 is 2.75 bits per heavy atom. The maximum Gasteiger partial charge on any atom is 0.311 e. The Morgan fingerprint density at radius 2 is 2.25 bits per heavy atom. The van der Waals surface area contributed by atoms with Crippen LogP contribution in [0, 0.1) is 12.3 Å². The lowest BCUT2D eigenvalue weighted by atomic mass is 9.84. The number of primary amides is 1. The monoisotopic (exact) mass is 277 g/mol. The minimum absolute atomic E-state index is 0.357. The molecular weight excluding hydrogens is 258 g/mol. The molecule has 2 rings (SSSR count). The summed E-state index contributed by atoms with van der Waals surface area (Å²) in [5, 5.41) is 9.42. The van der Waals surface area contributed by atoms with Crippen LogP contribution in [0.15, 0.2) is 12.3 Å². The molecule has 108 valence electrons. The highest BCUT2D eigenvalue weighted by molar-refractivity contribution is 5.99. The van der Waals surface area contributed by atoms with Crippen LogP contribution < -0.4 is 10.6 Å². The van der Waals surface area contributed by atoms with Crippen LogP contribution in [0.1, 0.15) is 35.7 Å². The fourth-order valence-electron chi connectivity index (χ4n) is 2.76. The van der Waals surface area contributed by atoms with Crippen molar-refractivity contribution in [3.05, 3.63) is 23.4 Å². The van der Waals surface area contributed by atoms with E-state index in [0.29, 0.717) is 37.3 Å². The molecule has 0 bridgehead atoms. The van der Waals surface area contributed by atoms with Crippen LogP contribution in [-0.2, 0) is 4.79 Å². The molecule has 1 aliphatic heterocycles. The van der Waals surface area contributed by atoms with E-state index in [1.807, 2.05) is 11.8 Å². The molecule has 6 nitrogen and oxygen atoms in total. The molecule has 20 heavy (non-hydrogen) atoms. The van der Waals surface area contributed by atoms with Gasteiger partial charge < -0.3 is 15.7 Å². The molecule has 6 heteroatoms. The van der Waals surface area contributed by atoms with Crippen LogP contribution in [0.2, 0.25) is 0 Å². The number of carbonyl (C=O) groups is 2. The number of nitrogens with zero attached hydrogens (tertiary/aromatic N) is 2. The SMILES string of the molecule is CCC1(C(=O)O)CCN(c2nccc(C)c2C(N)=O)C1. The van der Waals surface area contributed by atoms with E-state index in [4.69, 9.17) is 5.73 Å². The number of carboxylic acids is 1. The van der Waals surface area contributed by atoms with Crippen molar-refractivity contribution in [2.75, 3.05) is 18.0 Å². The predicted octanol–water partition coefficient (Wildman–Crippen LogP) is 1.18. The normalized spacial score (nSPS) is 22.0. The number of aliphatic carboxylic acids is 1. The molecule has 0 radical (unpaired) electrons. The van der Waals surface area contributed by atoms with Gasteiger partial charge in [0.05, 0.1) is 11.0 Å². The number of pyridine rings is 1. The Morgan fingerprint density at radius 1 is 1.55 bits per heavy atom.